The molecule has 1 atom stereocenters. The van der Waals surface area contributed by atoms with E-state index in [0.29, 0.717) is 13.0 Å². The molecule has 3 N–H and O–H groups in total. The van der Waals surface area contributed by atoms with Crippen LogP contribution < -0.4 is 10.6 Å². The highest BCUT2D eigenvalue weighted by Crippen LogP contribution is 2.28. The molecule has 0 spiro atoms. The molecule has 0 aromatic carbocycles. The summed E-state index contributed by atoms with van der Waals surface area (Å²) < 4.78 is 0. The third-order valence-electron chi connectivity index (χ3n) is 3.03. The second-order valence-electron chi connectivity index (χ2n) is 4.47. The fourth-order valence-corrected chi connectivity index (χ4v) is 2.04. The smallest absolute Gasteiger partial charge is 0.353 e. The van der Waals surface area contributed by atoms with Gasteiger partial charge in [-0.1, -0.05) is 13.3 Å². The third kappa shape index (κ3) is 4.30. The van der Waals surface area contributed by atoms with Gasteiger partial charge in [0.25, 0.3) is 0 Å². The van der Waals surface area contributed by atoms with Crippen molar-refractivity contribution in [3.05, 3.63) is 16.4 Å². The van der Waals surface area contributed by atoms with Crippen molar-refractivity contribution in [2.75, 3.05) is 30.8 Å². The van der Waals surface area contributed by atoms with Gasteiger partial charge in [-0.25, -0.2) is 9.97 Å². The number of nitrogens with one attached hydrogen (secondary N) is 2. The minimum atomic E-state index is -0.505. The average Bonchev–Trinajstić information content (AvgIpc) is 2.44. The lowest BCUT2D eigenvalue weighted by molar-refractivity contribution is -0.383. The van der Waals surface area contributed by atoms with E-state index in [-0.39, 0.29) is 29.8 Å². The molecule has 0 saturated carbocycles. The van der Waals surface area contributed by atoms with Crippen LogP contribution in [0.1, 0.15) is 26.2 Å². The molecule has 0 radical (unpaired) electrons. The number of anilines is 2. The minimum absolute atomic E-state index is 0.111. The fraction of sp³-hybridized carbons (Fsp3) is 0.667. The van der Waals surface area contributed by atoms with Gasteiger partial charge in [0, 0.05) is 20.2 Å². The SMILES string of the molecule is CCCC(CCO)CNc1ncnc(NC)c1[N+](=O)[O-]. The lowest BCUT2D eigenvalue weighted by atomic mass is 10.0. The van der Waals surface area contributed by atoms with E-state index in [2.05, 4.69) is 27.5 Å². The molecule has 1 heterocycles. The molecule has 0 bridgehead atoms. The van der Waals surface area contributed by atoms with Crippen molar-refractivity contribution in [1.29, 1.82) is 0 Å². The van der Waals surface area contributed by atoms with E-state index in [0.717, 1.165) is 12.8 Å². The van der Waals surface area contributed by atoms with Crippen molar-refractivity contribution in [2.24, 2.45) is 5.92 Å². The summed E-state index contributed by atoms with van der Waals surface area (Å²) in [6, 6.07) is 0. The number of nitrogens with zero attached hydrogens (tertiary/aromatic N) is 3. The number of aliphatic hydroxyl groups is 1. The molecular formula is C12H21N5O3. The summed E-state index contributed by atoms with van der Waals surface area (Å²) in [6.07, 6.45) is 3.89. The number of rotatable bonds is 9. The van der Waals surface area contributed by atoms with Gasteiger partial charge in [-0.3, -0.25) is 10.1 Å². The summed E-state index contributed by atoms with van der Waals surface area (Å²) in [5.74, 6) is 0.646. The summed E-state index contributed by atoms with van der Waals surface area (Å²) in [5, 5.41) is 25.8. The summed E-state index contributed by atoms with van der Waals surface area (Å²) >= 11 is 0. The van der Waals surface area contributed by atoms with Crippen LogP contribution in [0.3, 0.4) is 0 Å². The van der Waals surface area contributed by atoms with Gasteiger partial charge in [0.05, 0.1) is 4.92 Å². The second kappa shape index (κ2) is 8.26. The Kier molecular flexibility index (Phi) is 6.65. The minimum Gasteiger partial charge on any atom is -0.396 e. The molecule has 112 valence electrons. The van der Waals surface area contributed by atoms with E-state index < -0.39 is 4.92 Å². The number of aromatic nitrogens is 2. The number of aliphatic hydroxyl groups excluding tert-OH is 1. The van der Waals surface area contributed by atoms with E-state index in [1.807, 2.05) is 0 Å². The van der Waals surface area contributed by atoms with E-state index >= 15 is 0 Å². The van der Waals surface area contributed by atoms with Crippen LogP contribution in [0.4, 0.5) is 17.3 Å². The molecule has 1 aromatic rings. The summed E-state index contributed by atoms with van der Waals surface area (Å²) in [7, 11) is 1.57. The Morgan fingerprint density at radius 1 is 1.40 bits per heavy atom. The van der Waals surface area contributed by atoms with E-state index in [1.165, 1.54) is 6.33 Å². The van der Waals surface area contributed by atoms with Crippen molar-refractivity contribution in [3.8, 4) is 0 Å². The first-order valence-electron chi connectivity index (χ1n) is 6.65. The first kappa shape index (κ1) is 16.1. The summed E-state index contributed by atoms with van der Waals surface area (Å²) in [6.45, 7) is 2.71. The van der Waals surface area contributed by atoms with Crippen molar-refractivity contribution < 1.29 is 10.0 Å². The van der Waals surface area contributed by atoms with Crippen LogP contribution in [0, 0.1) is 16.0 Å². The standard InChI is InChI=1S/C12H21N5O3/c1-3-4-9(5-6-18)7-14-12-10(17(19)20)11(13-2)15-8-16-12/h8-9,18H,3-7H2,1-2H3,(H2,13,14,15,16). The van der Waals surface area contributed by atoms with E-state index in [9.17, 15) is 10.1 Å². The summed E-state index contributed by atoms with van der Waals surface area (Å²) in [5.41, 5.74) is -0.158. The molecule has 1 rings (SSSR count). The van der Waals surface area contributed by atoms with Gasteiger partial charge in [0.1, 0.15) is 6.33 Å². The molecular weight excluding hydrogens is 262 g/mol. The molecule has 0 fully saturated rings. The lowest BCUT2D eigenvalue weighted by Gasteiger charge is -2.16. The van der Waals surface area contributed by atoms with Crippen LogP contribution in [0.15, 0.2) is 6.33 Å². The highest BCUT2D eigenvalue weighted by molar-refractivity contribution is 5.68. The maximum Gasteiger partial charge on any atom is 0.353 e. The highest BCUT2D eigenvalue weighted by atomic mass is 16.6. The molecule has 0 aliphatic heterocycles. The number of hydrogen-bond acceptors (Lipinski definition) is 7. The Morgan fingerprint density at radius 2 is 2.10 bits per heavy atom. The predicted octanol–water partition coefficient (Wildman–Crippen LogP) is 1.64. The second-order valence-corrected chi connectivity index (χ2v) is 4.47. The Hall–Kier alpha value is -1.96. The monoisotopic (exact) mass is 283 g/mol. The zero-order chi connectivity index (χ0) is 15.0. The molecule has 8 heteroatoms. The highest BCUT2D eigenvalue weighted by Gasteiger charge is 2.22. The largest absolute Gasteiger partial charge is 0.396 e. The van der Waals surface area contributed by atoms with Crippen molar-refractivity contribution in [1.82, 2.24) is 9.97 Å². The van der Waals surface area contributed by atoms with Crippen LogP contribution in [-0.2, 0) is 0 Å². The zero-order valence-corrected chi connectivity index (χ0v) is 11.8. The van der Waals surface area contributed by atoms with Crippen LogP contribution in [-0.4, -0.2) is 40.2 Å². The topological polar surface area (TPSA) is 113 Å². The maximum atomic E-state index is 11.1. The Bertz CT molecular complexity index is 435. The Balaban J connectivity index is 2.83. The maximum absolute atomic E-state index is 11.1. The lowest BCUT2D eigenvalue weighted by Crippen LogP contribution is -2.17. The number of nitro groups is 1. The van der Waals surface area contributed by atoms with Crippen molar-refractivity contribution in [2.45, 2.75) is 26.2 Å². The Labute approximate surface area is 117 Å². The van der Waals surface area contributed by atoms with Gasteiger partial charge in [-0.05, 0) is 18.8 Å². The van der Waals surface area contributed by atoms with Gasteiger partial charge in [-0.2, -0.15) is 0 Å². The Morgan fingerprint density at radius 3 is 2.65 bits per heavy atom. The molecule has 0 aliphatic rings. The van der Waals surface area contributed by atoms with Gasteiger partial charge < -0.3 is 15.7 Å². The molecule has 0 saturated heterocycles. The molecule has 1 aromatic heterocycles. The van der Waals surface area contributed by atoms with Gasteiger partial charge in [0.15, 0.2) is 0 Å². The first-order valence-corrected chi connectivity index (χ1v) is 6.65. The average molecular weight is 283 g/mol. The fourth-order valence-electron chi connectivity index (χ4n) is 2.04. The van der Waals surface area contributed by atoms with Crippen LogP contribution in [0.2, 0.25) is 0 Å². The van der Waals surface area contributed by atoms with Gasteiger partial charge in [-0.15, -0.1) is 0 Å². The van der Waals surface area contributed by atoms with Crippen LogP contribution in [0.5, 0.6) is 0 Å². The van der Waals surface area contributed by atoms with Crippen LogP contribution >= 0.6 is 0 Å². The normalized spacial score (nSPS) is 11.9. The first-order chi connectivity index (χ1) is 9.63. The van der Waals surface area contributed by atoms with E-state index in [4.69, 9.17) is 5.11 Å². The van der Waals surface area contributed by atoms with Crippen molar-refractivity contribution in [3.63, 3.8) is 0 Å². The number of hydrogen-bond donors (Lipinski definition) is 3. The third-order valence-corrected chi connectivity index (χ3v) is 3.03. The summed E-state index contributed by atoms with van der Waals surface area (Å²) in [4.78, 5) is 18.4. The quantitative estimate of drug-likeness (QED) is 0.466. The van der Waals surface area contributed by atoms with Gasteiger partial charge in [0.2, 0.25) is 11.6 Å². The van der Waals surface area contributed by atoms with Crippen LogP contribution in [0.25, 0.3) is 0 Å². The predicted molar refractivity (Wildman–Crippen MR) is 76.8 cm³/mol. The molecule has 0 amide bonds. The molecule has 20 heavy (non-hydrogen) atoms. The molecule has 1 unspecified atom stereocenters. The molecule has 8 nitrogen and oxygen atoms in total. The van der Waals surface area contributed by atoms with Crippen molar-refractivity contribution >= 4 is 17.3 Å². The van der Waals surface area contributed by atoms with E-state index in [1.54, 1.807) is 7.05 Å². The molecule has 0 aliphatic carbocycles. The zero-order valence-electron chi connectivity index (χ0n) is 11.8. The van der Waals surface area contributed by atoms with Gasteiger partial charge >= 0.3 is 5.69 Å².